The second kappa shape index (κ2) is 6.43. The van der Waals surface area contributed by atoms with Crippen LogP contribution in [0.2, 0.25) is 0 Å². The number of nitrogens with zero attached hydrogens (tertiary/aromatic N) is 3. The normalized spacial score (nSPS) is 10.8. The van der Waals surface area contributed by atoms with E-state index < -0.39 is 0 Å². The Morgan fingerprint density at radius 3 is 2.75 bits per heavy atom. The maximum Gasteiger partial charge on any atom is 0.132 e. The van der Waals surface area contributed by atoms with Crippen molar-refractivity contribution in [2.75, 3.05) is 24.5 Å². The number of nitrogens with one attached hydrogen (secondary N) is 1. The SMILES string of the molecule is CCN(CCNC(C)C)c1ccnc(C)n1. The van der Waals surface area contributed by atoms with Gasteiger partial charge in [-0.1, -0.05) is 13.8 Å². The molecule has 1 rings (SSSR count). The molecule has 0 atom stereocenters. The van der Waals surface area contributed by atoms with Crippen molar-refractivity contribution in [1.82, 2.24) is 15.3 Å². The molecular weight excluding hydrogens is 200 g/mol. The highest BCUT2D eigenvalue weighted by Crippen LogP contribution is 2.08. The Morgan fingerprint density at radius 1 is 1.44 bits per heavy atom. The van der Waals surface area contributed by atoms with Crippen LogP contribution in [0.4, 0.5) is 5.82 Å². The topological polar surface area (TPSA) is 41.0 Å². The van der Waals surface area contributed by atoms with Crippen molar-refractivity contribution < 1.29 is 0 Å². The van der Waals surface area contributed by atoms with E-state index in [9.17, 15) is 0 Å². The Morgan fingerprint density at radius 2 is 2.19 bits per heavy atom. The number of aromatic nitrogens is 2. The van der Waals surface area contributed by atoms with Crippen LogP contribution < -0.4 is 10.2 Å². The van der Waals surface area contributed by atoms with Crippen molar-refractivity contribution in [3.05, 3.63) is 18.1 Å². The first-order chi connectivity index (χ1) is 7.63. The first kappa shape index (κ1) is 12.9. The fourth-order valence-electron chi connectivity index (χ4n) is 1.54. The standard InChI is InChI=1S/C12H22N4/c1-5-16(9-8-13-10(2)3)12-6-7-14-11(4)15-12/h6-7,10,13H,5,8-9H2,1-4H3. The van der Waals surface area contributed by atoms with Gasteiger partial charge in [-0.3, -0.25) is 0 Å². The van der Waals surface area contributed by atoms with Gasteiger partial charge in [0.2, 0.25) is 0 Å². The van der Waals surface area contributed by atoms with E-state index in [1.807, 2.05) is 19.2 Å². The predicted molar refractivity (Wildman–Crippen MR) is 67.8 cm³/mol. The fourth-order valence-corrected chi connectivity index (χ4v) is 1.54. The highest BCUT2D eigenvalue weighted by atomic mass is 15.2. The lowest BCUT2D eigenvalue weighted by molar-refractivity contribution is 0.582. The summed E-state index contributed by atoms with van der Waals surface area (Å²) < 4.78 is 0. The van der Waals surface area contributed by atoms with Gasteiger partial charge < -0.3 is 10.2 Å². The number of likely N-dealkylation sites (N-methyl/N-ethyl adjacent to an activating group) is 1. The van der Waals surface area contributed by atoms with Gasteiger partial charge in [-0.25, -0.2) is 9.97 Å². The first-order valence-corrected chi connectivity index (χ1v) is 5.91. The fraction of sp³-hybridized carbons (Fsp3) is 0.667. The maximum absolute atomic E-state index is 4.43. The van der Waals surface area contributed by atoms with Crippen LogP contribution in [0.25, 0.3) is 0 Å². The third kappa shape index (κ3) is 4.14. The summed E-state index contributed by atoms with van der Waals surface area (Å²) in [6.45, 7) is 11.3. The summed E-state index contributed by atoms with van der Waals surface area (Å²) in [5, 5.41) is 3.41. The summed E-state index contributed by atoms with van der Waals surface area (Å²) >= 11 is 0. The van der Waals surface area contributed by atoms with E-state index in [0.29, 0.717) is 6.04 Å². The molecule has 1 aromatic heterocycles. The lowest BCUT2D eigenvalue weighted by atomic mass is 10.3. The Balaban J connectivity index is 2.53. The van der Waals surface area contributed by atoms with Crippen LogP contribution in [0.15, 0.2) is 12.3 Å². The van der Waals surface area contributed by atoms with Gasteiger partial charge in [0.1, 0.15) is 11.6 Å². The number of rotatable bonds is 6. The van der Waals surface area contributed by atoms with Crippen molar-refractivity contribution in [2.24, 2.45) is 0 Å². The van der Waals surface area contributed by atoms with Crippen LogP contribution in [0.5, 0.6) is 0 Å². The van der Waals surface area contributed by atoms with E-state index in [4.69, 9.17) is 0 Å². The maximum atomic E-state index is 4.43. The van der Waals surface area contributed by atoms with E-state index >= 15 is 0 Å². The Hall–Kier alpha value is -1.16. The molecule has 0 unspecified atom stereocenters. The van der Waals surface area contributed by atoms with Crippen LogP contribution in [-0.2, 0) is 0 Å². The second-order valence-electron chi connectivity index (χ2n) is 4.15. The molecule has 0 aliphatic rings. The molecule has 0 aliphatic heterocycles. The quantitative estimate of drug-likeness (QED) is 0.794. The zero-order valence-electron chi connectivity index (χ0n) is 10.7. The number of hydrogen-bond donors (Lipinski definition) is 1. The highest BCUT2D eigenvalue weighted by molar-refractivity contribution is 5.36. The van der Waals surface area contributed by atoms with E-state index in [-0.39, 0.29) is 0 Å². The molecule has 0 radical (unpaired) electrons. The smallest absolute Gasteiger partial charge is 0.132 e. The summed E-state index contributed by atoms with van der Waals surface area (Å²) in [6, 6.07) is 2.50. The molecule has 4 heteroatoms. The Labute approximate surface area is 98.1 Å². The van der Waals surface area contributed by atoms with Crippen molar-refractivity contribution in [1.29, 1.82) is 0 Å². The zero-order chi connectivity index (χ0) is 12.0. The molecule has 0 aromatic carbocycles. The van der Waals surface area contributed by atoms with Crippen molar-refractivity contribution in [2.45, 2.75) is 33.7 Å². The van der Waals surface area contributed by atoms with Crippen LogP contribution in [-0.4, -0.2) is 35.6 Å². The molecule has 0 saturated heterocycles. The predicted octanol–water partition coefficient (Wildman–Crippen LogP) is 1.61. The number of hydrogen-bond acceptors (Lipinski definition) is 4. The van der Waals surface area contributed by atoms with Crippen molar-refractivity contribution in [3.63, 3.8) is 0 Å². The molecule has 0 bridgehead atoms. The molecule has 0 saturated carbocycles. The molecule has 90 valence electrons. The molecular formula is C12H22N4. The van der Waals surface area contributed by atoms with Gasteiger partial charge in [0, 0.05) is 31.9 Å². The number of aryl methyl sites for hydroxylation is 1. The highest BCUT2D eigenvalue weighted by Gasteiger charge is 2.05. The van der Waals surface area contributed by atoms with Crippen LogP contribution in [0.3, 0.4) is 0 Å². The van der Waals surface area contributed by atoms with Gasteiger partial charge in [0.15, 0.2) is 0 Å². The summed E-state index contributed by atoms with van der Waals surface area (Å²) in [7, 11) is 0. The monoisotopic (exact) mass is 222 g/mol. The first-order valence-electron chi connectivity index (χ1n) is 5.91. The minimum Gasteiger partial charge on any atom is -0.356 e. The molecule has 1 aromatic rings. The molecule has 16 heavy (non-hydrogen) atoms. The van der Waals surface area contributed by atoms with Crippen LogP contribution in [0, 0.1) is 6.92 Å². The van der Waals surface area contributed by atoms with Crippen LogP contribution >= 0.6 is 0 Å². The average molecular weight is 222 g/mol. The lowest BCUT2D eigenvalue weighted by Crippen LogP contribution is -2.35. The molecule has 0 amide bonds. The largest absolute Gasteiger partial charge is 0.356 e. The van der Waals surface area contributed by atoms with E-state index in [2.05, 4.69) is 41.0 Å². The van der Waals surface area contributed by atoms with E-state index in [1.165, 1.54) is 0 Å². The zero-order valence-corrected chi connectivity index (χ0v) is 10.7. The number of anilines is 1. The average Bonchev–Trinajstić information content (AvgIpc) is 2.24. The molecule has 0 spiro atoms. The third-order valence-electron chi connectivity index (χ3n) is 2.40. The Bertz CT molecular complexity index is 312. The minimum atomic E-state index is 0.533. The molecule has 0 aliphatic carbocycles. The Kier molecular flexibility index (Phi) is 5.19. The van der Waals surface area contributed by atoms with Crippen LogP contribution in [0.1, 0.15) is 26.6 Å². The second-order valence-corrected chi connectivity index (χ2v) is 4.15. The molecule has 4 nitrogen and oxygen atoms in total. The minimum absolute atomic E-state index is 0.533. The van der Waals surface area contributed by atoms with E-state index in [1.54, 1.807) is 0 Å². The van der Waals surface area contributed by atoms with Gasteiger partial charge in [-0.15, -0.1) is 0 Å². The van der Waals surface area contributed by atoms with Gasteiger partial charge in [-0.2, -0.15) is 0 Å². The summed E-state index contributed by atoms with van der Waals surface area (Å²) in [4.78, 5) is 10.8. The van der Waals surface area contributed by atoms with E-state index in [0.717, 1.165) is 31.3 Å². The van der Waals surface area contributed by atoms with Crippen molar-refractivity contribution >= 4 is 5.82 Å². The third-order valence-corrected chi connectivity index (χ3v) is 2.40. The molecule has 1 heterocycles. The molecule has 0 fully saturated rings. The summed E-state index contributed by atoms with van der Waals surface area (Å²) in [6.07, 6.45) is 1.82. The lowest BCUT2D eigenvalue weighted by Gasteiger charge is -2.22. The van der Waals surface area contributed by atoms with Gasteiger partial charge in [0.25, 0.3) is 0 Å². The van der Waals surface area contributed by atoms with Gasteiger partial charge >= 0.3 is 0 Å². The summed E-state index contributed by atoms with van der Waals surface area (Å²) in [5.74, 6) is 1.84. The molecule has 1 N–H and O–H groups in total. The van der Waals surface area contributed by atoms with Crippen molar-refractivity contribution in [3.8, 4) is 0 Å². The van der Waals surface area contributed by atoms with Gasteiger partial charge in [-0.05, 0) is 19.9 Å². The van der Waals surface area contributed by atoms with Gasteiger partial charge in [0.05, 0.1) is 0 Å². The summed E-state index contributed by atoms with van der Waals surface area (Å²) in [5.41, 5.74) is 0.